The fourth-order valence-electron chi connectivity index (χ4n) is 2.12. The zero-order valence-electron chi connectivity index (χ0n) is 10.0. The predicted molar refractivity (Wildman–Crippen MR) is 60.5 cm³/mol. The van der Waals surface area contributed by atoms with Crippen LogP contribution in [0.4, 0.5) is 0 Å². The molecule has 94 valence electrons. The highest BCUT2D eigenvalue weighted by Crippen LogP contribution is 2.34. The Bertz CT molecular complexity index is 435. The Morgan fingerprint density at radius 3 is 2.76 bits per heavy atom. The van der Waals surface area contributed by atoms with E-state index in [0.717, 1.165) is 5.56 Å². The summed E-state index contributed by atoms with van der Waals surface area (Å²) in [5.74, 6) is -0.406. The molecule has 1 fully saturated rings. The Labute approximate surface area is 99.4 Å². The van der Waals surface area contributed by atoms with Crippen LogP contribution in [0.15, 0.2) is 0 Å². The van der Waals surface area contributed by atoms with E-state index in [4.69, 9.17) is 10.5 Å². The van der Waals surface area contributed by atoms with Crippen LogP contribution in [0.3, 0.4) is 0 Å². The smallest absolute Gasteiger partial charge is 0.356 e. The molecule has 0 amide bonds. The first-order chi connectivity index (χ1) is 8.08. The van der Waals surface area contributed by atoms with Crippen LogP contribution in [-0.2, 0) is 11.3 Å². The van der Waals surface area contributed by atoms with Gasteiger partial charge >= 0.3 is 5.97 Å². The lowest BCUT2D eigenvalue weighted by molar-refractivity contribution is 0.0370. The number of methoxy groups -OCH3 is 1. The second kappa shape index (κ2) is 4.46. The monoisotopic (exact) mass is 239 g/mol. The van der Waals surface area contributed by atoms with Gasteiger partial charge in [0.05, 0.1) is 24.9 Å². The largest absolute Gasteiger partial charge is 0.464 e. The van der Waals surface area contributed by atoms with Crippen LogP contribution in [0.25, 0.3) is 0 Å². The van der Waals surface area contributed by atoms with Crippen molar-refractivity contribution in [1.29, 1.82) is 0 Å². The van der Waals surface area contributed by atoms with Gasteiger partial charge in [-0.1, -0.05) is 0 Å². The molecule has 17 heavy (non-hydrogen) atoms. The standard InChI is InChI=1S/C11H17N3O3/c1-6-9(5-12)13-14(7-3-8(15)4-7)10(6)11(16)17-2/h7-8,15H,3-5,12H2,1-2H3. The van der Waals surface area contributed by atoms with E-state index in [9.17, 15) is 9.90 Å². The summed E-state index contributed by atoms with van der Waals surface area (Å²) in [5.41, 5.74) is 7.50. The Morgan fingerprint density at radius 1 is 1.65 bits per heavy atom. The number of aliphatic hydroxyl groups is 1. The number of ether oxygens (including phenoxy) is 1. The lowest BCUT2D eigenvalue weighted by Gasteiger charge is -2.32. The van der Waals surface area contributed by atoms with Crippen molar-refractivity contribution in [2.75, 3.05) is 7.11 Å². The van der Waals surface area contributed by atoms with Crippen LogP contribution in [0, 0.1) is 6.92 Å². The molecule has 1 aromatic rings. The summed E-state index contributed by atoms with van der Waals surface area (Å²) in [6.07, 6.45) is 0.945. The van der Waals surface area contributed by atoms with Gasteiger partial charge < -0.3 is 15.6 Å². The normalized spacial score (nSPS) is 23.3. The van der Waals surface area contributed by atoms with Crippen molar-refractivity contribution in [2.24, 2.45) is 5.73 Å². The Morgan fingerprint density at radius 2 is 2.29 bits per heavy atom. The van der Waals surface area contributed by atoms with Crippen LogP contribution < -0.4 is 5.73 Å². The van der Waals surface area contributed by atoms with Gasteiger partial charge in [-0.25, -0.2) is 4.79 Å². The van der Waals surface area contributed by atoms with Crippen molar-refractivity contribution in [3.63, 3.8) is 0 Å². The first kappa shape index (κ1) is 12.1. The molecule has 0 saturated heterocycles. The number of nitrogens with two attached hydrogens (primary N) is 1. The van der Waals surface area contributed by atoms with Gasteiger partial charge in [0.15, 0.2) is 0 Å². The van der Waals surface area contributed by atoms with Crippen molar-refractivity contribution in [1.82, 2.24) is 9.78 Å². The summed E-state index contributed by atoms with van der Waals surface area (Å²) in [4.78, 5) is 11.7. The van der Waals surface area contributed by atoms with E-state index in [1.807, 2.05) is 6.92 Å². The molecule has 0 bridgehead atoms. The van der Waals surface area contributed by atoms with Crippen LogP contribution in [0.1, 0.15) is 40.6 Å². The van der Waals surface area contributed by atoms with Crippen molar-refractivity contribution < 1.29 is 14.6 Å². The topological polar surface area (TPSA) is 90.4 Å². The maximum atomic E-state index is 11.7. The van der Waals surface area contributed by atoms with E-state index in [0.29, 0.717) is 24.2 Å². The summed E-state index contributed by atoms with van der Waals surface area (Å²) in [6.45, 7) is 2.10. The summed E-state index contributed by atoms with van der Waals surface area (Å²) in [6, 6.07) is 0.0677. The van der Waals surface area contributed by atoms with Crippen molar-refractivity contribution in [2.45, 2.75) is 38.5 Å². The molecule has 1 saturated carbocycles. The third kappa shape index (κ3) is 1.94. The average Bonchev–Trinajstić information content (AvgIpc) is 2.61. The minimum absolute atomic E-state index is 0.0677. The number of nitrogens with zero attached hydrogens (tertiary/aromatic N) is 2. The number of hydrogen-bond acceptors (Lipinski definition) is 5. The molecule has 6 heteroatoms. The van der Waals surface area contributed by atoms with Gasteiger partial charge in [0.25, 0.3) is 0 Å². The zero-order chi connectivity index (χ0) is 12.6. The summed E-state index contributed by atoms with van der Waals surface area (Å²) < 4.78 is 6.41. The Kier molecular flexibility index (Phi) is 3.17. The molecule has 3 N–H and O–H groups in total. The van der Waals surface area contributed by atoms with Crippen molar-refractivity contribution in [3.05, 3.63) is 17.0 Å². The van der Waals surface area contributed by atoms with E-state index < -0.39 is 5.97 Å². The van der Waals surface area contributed by atoms with E-state index in [1.54, 1.807) is 4.68 Å². The fraction of sp³-hybridized carbons (Fsp3) is 0.636. The maximum absolute atomic E-state index is 11.7. The number of aromatic nitrogens is 2. The molecule has 0 radical (unpaired) electrons. The van der Waals surface area contributed by atoms with E-state index >= 15 is 0 Å². The fourth-order valence-corrected chi connectivity index (χ4v) is 2.12. The van der Waals surface area contributed by atoms with Gasteiger partial charge in [-0.15, -0.1) is 0 Å². The maximum Gasteiger partial charge on any atom is 0.356 e. The van der Waals surface area contributed by atoms with E-state index in [-0.39, 0.29) is 18.7 Å². The molecule has 6 nitrogen and oxygen atoms in total. The molecule has 0 unspecified atom stereocenters. The Balaban J connectivity index is 2.39. The van der Waals surface area contributed by atoms with Gasteiger partial charge in [-0.3, -0.25) is 4.68 Å². The van der Waals surface area contributed by atoms with Gasteiger partial charge in [-0.2, -0.15) is 5.10 Å². The van der Waals surface area contributed by atoms with Crippen LogP contribution in [-0.4, -0.2) is 34.1 Å². The number of hydrogen-bond donors (Lipinski definition) is 2. The summed E-state index contributed by atoms with van der Waals surface area (Å²) in [7, 11) is 1.34. The van der Waals surface area contributed by atoms with Crippen molar-refractivity contribution >= 4 is 5.97 Å². The van der Waals surface area contributed by atoms with Crippen LogP contribution in [0.5, 0.6) is 0 Å². The molecular weight excluding hydrogens is 222 g/mol. The number of rotatable bonds is 3. The van der Waals surface area contributed by atoms with E-state index in [2.05, 4.69) is 5.10 Å². The van der Waals surface area contributed by atoms with Crippen LogP contribution >= 0.6 is 0 Å². The molecule has 1 aliphatic carbocycles. The lowest BCUT2D eigenvalue weighted by atomic mass is 9.89. The summed E-state index contributed by atoms with van der Waals surface area (Å²) in [5, 5.41) is 13.7. The molecule has 0 spiro atoms. The SMILES string of the molecule is COC(=O)c1c(C)c(CN)nn1C1CC(O)C1. The molecule has 0 aliphatic heterocycles. The highest BCUT2D eigenvalue weighted by molar-refractivity contribution is 5.89. The molecule has 2 rings (SSSR count). The molecule has 1 heterocycles. The van der Waals surface area contributed by atoms with E-state index in [1.165, 1.54) is 7.11 Å². The minimum atomic E-state index is -0.406. The van der Waals surface area contributed by atoms with Gasteiger partial charge in [0, 0.05) is 12.1 Å². The quantitative estimate of drug-likeness (QED) is 0.732. The molecule has 1 aliphatic rings. The third-order valence-corrected chi connectivity index (χ3v) is 3.25. The number of aliphatic hydroxyl groups excluding tert-OH is 1. The second-order valence-electron chi connectivity index (χ2n) is 4.34. The molecule has 0 atom stereocenters. The van der Waals surface area contributed by atoms with Crippen molar-refractivity contribution in [3.8, 4) is 0 Å². The number of esters is 1. The second-order valence-corrected chi connectivity index (χ2v) is 4.34. The van der Waals surface area contributed by atoms with Gasteiger partial charge in [0.1, 0.15) is 5.69 Å². The van der Waals surface area contributed by atoms with Gasteiger partial charge in [-0.05, 0) is 19.8 Å². The van der Waals surface area contributed by atoms with Gasteiger partial charge in [0.2, 0.25) is 0 Å². The van der Waals surface area contributed by atoms with Crippen LogP contribution in [0.2, 0.25) is 0 Å². The highest BCUT2D eigenvalue weighted by atomic mass is 16.5. The number of carbonyl (C=O) groups is 1. The first-order valence-corrected chi connectivity index (χ1v) is 5.62. The summed E-state index contributed by atoms with van der Waals surface area (Å²) >= 11 is 0. The molecular formula is C11H17N3O3. The highest BCUT2D eigenvalue weighted by Gasteiger charge is 2.34. The first-order valence-electron chi connectivity index (χ1n) is 5.62. The zero-order valence-corrected chi connectivity index (χ0v) is 10.0. The minimum Gasteiger partial charge on any atom is -0.464 e. The molecule has 1 aromatic heterocycles. The Hall–Kier alpha value is -1.40. The number of carbonyl (C=O) groups excluding carboxylic acids is 1. The average molecular weight is 239 g/mol. The molecule has 0 aromatic carbocycles. The lowest BCUT2D eigenvalue weighted by Crippen LogP contribution is -2.33. The predicted octanol–water partition coefficient (Wildman–Crippen LogP) is 0.133. The third-order valence-electron chi connectivity index (χ3n) is 3.25.